The van der Waals surface area contributed by atoms with E-state index in [1.54, 1.807) is 0 Å². The van der Waals surface area contributed by atoms with Crippen molar-refractivity contribution in [1.82, 2.24) is 10.9 Å². The Kier molecular flexibility index (Phi) is 6.76. The molecule has 0 aliphatic heterocycles. The third-order valence-electron chi connectivity index (χ3n) is 1.93. The van der Waals surface area contributed by atoms with E-state index < -0.39 is 0 Å². The van der Waals surface area contributed by atoms with E-state index >= 15 is 0 Å². The molecule has 2 N–H and O–H groups in total. The molecular formula is C9H20N2O. The number of hydrogen-bond donors (Lipinski definition) is 2. The first kappa shape index (κ1) is 11.4. The highest BCUT2D eigenvalue weighted by Crippen LogP contribution is 2.08. The number of nitrogens with one attached hydrogen (secondary N) is 2. The summed E-state index contributed by atoms with van der Waals surface area (Å²) in [7, 11) is 0. The average Bonchev–Trinajstić information content (AvgIpc) is 2.02. The first-order chi connectivity index (χ1) is 5.70. The zero-order valence-electron chi connectivity index (χ0n) is 8.31. The van der Waals surface area contributed by atoms with Crippen LogP contribution in [0.1, 0.15) is 40.0 Å². The average molecular weight is 172 g/mol. The van der Waals surface area contributed by atoms with Crippen molar-refractivity contribution in [3.05, 3.63) is 0 Å². The Hall–Kier alpha value is -0.570. The minimum atomic E-state index is -0.0265. The molecule has 0 aromatic rings. The van der Waals surface area contributed by atoms with Crippen molar-refractivity contribution in [2.45, 2.75) is 40.0 Å². The van der Waals surface area contributed by atoms with Gasteiger partial charge in [-0.25, -0.2) is 5.43 Å². The van der Waals surface area contributed by atoms with Crippen LogP contribution in [0.5, 0.6) is 0 Å². The molecule has 0 aliphatic rings. The highest BCUT2D eigenvalue weighted by molar-refractivity contribution is 5.72. The minimum Gasteiger partial charge on any atom is -0.292 e. The number of hydrazine groups is 1. The zero-order chi connectivity index (χ0) is 9.40. The molecule has 0 aromatic carbocycles. The molecule has 0 saturated carbocycles. The summed E-state index contributed by atoms with van der Waals surface area (Å²) in [5, 5.41) is 0. The Bertz CT molecular complexity index is 126. The fourth-order valence-electron chi connectivity index (χ4n) is 1.18. The SMILES string of the molecule is CCCC(CC)CNNC(C)=O. The van der Waals surface area contributed by atoms with Crippen LogP contribution >= 0.6 is 0 Å². The van der Waals surface area contributed by atoms with Crippen molar-refractivity contribution in [2.24, 2.45) is 5.92 Å². The summed E-state index contributed by atoms with van der Waals surface area (Å²) >= 11 is 0. The van der Waals surface area contributed by atoms with Crippen LogP contribution in [0.3, 0.4) is 0 Å². The van der Waals surface area contributed by atoms with Crippen LogP contribution in [-0.2, 0) is 4.79 Å². The predicted molar refractivity (Wildman–Crippen MR) is 50.5 cm³/mol. The monoisotopic (exact) mass is 172 g/mol. The maximum Gasteiger partial charge on any atom is 0.230 e. The van der Waals surface area contributed by atoms with Gasteiger partial charge < -0.3 is 0 Å². The van der Waals surface area contributed by atoms with Crippen LogP contribution in [0.15, 0.2) is 0 Å². The summed E-state index contributed by atoms with van der Waals surface area (Å²) in [6, 6.07) is 0. The second kappa shape index (κ2) is 7.10. The molecule has 1 atom stereocenters. The van der Waals surface area contributed by atoms with Crippen LogP contribution in [-0.4, -0.2) is 12.5 Å². The number of carbonyl (C=O) groups excluding carboxylic acids is 1. The minimum absolute atomic E-state index is 0.0265. The van der Waals surface area contributed by atoms with Gasteiger partial charge >= 0.3 is 0 Å². The largest absolute Gasteiger partial charge is 0.292 e. The van der Waals surface area contributed by atoms with Gasteiger partial charge in [-0.05, 0) is 12.3 Å². The number of amides is 1. The predicted octanol–water partition coefficient (Wildman–Crippen LogP) is 1.45. The Morgan fingerprint density at radius 3 is 2.50 bits per heavy atom. The standard InChI is InChI=1S/C9H20N2O/c1-4-6-9(5-2)7-10-11-8(3)12/h9-10H,4-7H2,1-3H3,(H,11,12). The summed E-state index contributed by atoms with van der Waals surface area (Å²) in [6.45, 7) is 6.74. The normalized spacial score (nSPS) is 12.6. The Morgan fingerprint density at radius 1 is 1.42 bits per heavy atom. The second-order valence-electron chi connectivity index (χ2n) is 3.13. The molecule has 0 bridgehead atoms. The lowest BCUT2D eigenvalue weighted by atomic mass is 10.0. The Morgan fingerprint density at radius 2 is 2.08 bits per heavy atom. The van der Waals surface area contributed by atoms with E-state index in [1.165, 1.54) is 26.2 Å². The van der Waals surface area contributed by atoms with Gasteiger partial charge in [0.25, 0.3) is 0 Å². The van der Waals surface area contributed by atoms with Crippen LogP contribution in [0.4, 0.5) is 0 Å². The molecular weight excluding hydrogens is 152 g/mol. The lowest BCUT2D eigenvalue weighted by Crippen LogP contribution is -2.38. The molecule has 3 heteroatoms. The summed E-state index contributed by atoms with van der Waals surface area (Å²) in [6.07, 6.45) is 3.60. The topological polar surface area (TPSA) is 41.1 Å². The quantitative estimate of drug-likeness (QED) is 0.595. The highest BCUT2D eigenvalue weighted by atomic mass is 16.2. The van der Waals surface area contributed by atoms with Crippen molar-refractivity contribution in [3.63, 3.8) is 0 Å². The first-order valence-corrected chi connectivity index (χ1v) is 4.70. The van der Waals surface area contributed by atoms with Crippen LogP contribution < -0.4 is 10.9 Å². The van der Waals surface area contributed by atoms with Crippen molar-refractivity contribution >= 4 is 5.91 Å². The maximum atomic E-state index is 10.5. The van der Waals surface area contributed by atoms with Crippen LogP contribution in [0.2, 0.25) is 0 Å². The molecule has 0 aliphatic carbocycles. The van der Waals surface area contributed by atoms with E-state index in [1.807, 2.05) is 0 Å². The molecule has 0 aromatic heterocycles. The van der Waals surface area contributed by atoms with Gasteiger partial charge in [0, 0.05) is 13.5 Å². The molecule has 0 rings (SSSR count). The van der Waals surface area contributed by atoms with Crippen molar-refractivity contribution in [2.75, 3.05) is 6.54 Å². The molecule has 3 nitrogen and oxygen atoms in total. The smallest absolute Gasteiger partial charge is 0.230 e. The van der Waals surface area contributed by atoms with Gasteiger partial charge in [-0.2, -0.15) is 0 Å². The molecule has 1 amide bonds. The Balaban J connectivity index is 3.37. The van der Waals surface area contributed by atoms with Gasteiger partial charge in [-0.1, -0.05) is 26.7 Å². The highest BCUT2D eigenvalue weighted by Gasteiger charge is 2.03. The number of carbonyl (C=O) groups is 1. The fourth-order valence-corrected chi connectivity index (χ4v) is 1.18. The Labute approximate surface area is 74.9 Å². The molecule has 0 radical (unpaired) electrons. The molecule has 0 saturated heterocycles. The van der Waals surface area contributed by atoms with Gasteiger partial charge in [-0.15, -0.1) is 0 Å². The van der Waals surface area contributed by atoms with E-state index in [9.17, 15) is 4.79 Å². The molecule has 1 unspecified atom stereocenters. The van der Waals surface area contributed by atoms with Crippen molar-refractivity contribution in [3.8, 4) is 0 Å². The van der Waals surface area contributed by atoms with Crippen LogP contribution in [0, 0.1) is 5.92 Å². The lowest BCUT2D eigenvalue weighted by Gasteiger charge is -2.14. The van der Waals surface area contributed by atoms with Gasteiger partial charge in [0.2, 0.25) is 5.91 Å². The van der Waals surface area contributed by atoms with Crippen molar-refractivity contribution in [1.29, 1.82) is 0 Å². The molecule has 0 fully saturated rings. The first-order valence-electron chi connectivity index (χ1n) is 4.70. The second-order valence-corrected chi connectivity index (χ2v) is 3.13. The molecule has 12 heavy (non-hydrogen) atoms. The van der Waals surface area contributed by atoms with Gasteiger partial charge in [0.05, 0.1) is 0 Å². The molecule has 0 heterocycles. The van der Waals surface area contributed by atoms with Crippen molar-refractivity contribution < 1.29 is 4.79 Å². The third kappa shape index (κ3) is 6.16. The third-order valence-corrected chi connectivity index (χ3v) is 1.93. The van der Waals surface area contributed by atoms with Gasteiger partial charge in [0.1, 0.15) is 0 Å². The number of rotatable bonds is 6. The van der Waals surface area contributed by atoms with Gasteiger partial charge in [0.15, 0.2) is 0 Å². The van der Waals surface area contributed by atoms with E-state index in [-0.39, 0.29) is 5.91 Å². The van der Waals surface area contributed by atoms with E-state index in [2.05, 4.69) is 24.7 Å². The number of hydrogen-bond acceptors (Lipinski definition) is 2. The summed E-state index contributed by atoms with van der Waals surface area (Å²) in [4.78, 5) is 10.5. The maximum absolute atomic E-state index is 10.5. The summed E-state index contributed by atoms with van der Waals surface area (Å²) in [5.74, 6) is 0.656. The fraction of sp³-hybridized carbons (Fsp3) is 0.889. The summed E-state index contributed by atoms with van der Waals surface area (Å²) in [5.41, 5.74) is 5.50. The summed E-state index contributed by atoms with van der Waals surface area (Å²) < 4.78 is 0. The van der Waals surface area contributed by atoms with Gasteiger partial charge in [-0.3, -0.25) is 10.2 Å². The molecule has 0 spiro atoms. The molecule has 72 valence electrons. The van der Waals surface area contributed by atoms with E-state index in [0.29, 0.717) is 5.92 Å². The van der Waals surface area contributed by atoms with Crippen LogP contribution in [0.25, 0.3) is 0 Å². The van der Waals surface area contributed by atoms with E-state index in [4.69, 9.17) is 0 Å². The zero-order valence-corrected chi connectivity index (χ0v) is 8.31. The lowest BCUT2D eigenvalue weighted by molar-refractivity contribution is -0.120. The van der Waals surface area contributed by atoms with E-state index in [0.717, 1.165) is 6.54 Å².